The first-order valence-corrected chi connectivity index (χ1v) is 11.5. The Balaban J connectivity index is 1.47. The topological polar surface area (TPSA) is 134 Å². The smallest absolute Gasteiger partial charge is 0.335 e. The number of thioether (sulfide) groups is 1. The molecule has 6 rings (SSSR count). The summed E-state index contributed by atoms with van der Waals surface area (Å²) in [5, 5.41) is 27.3. The highest BCUT2D eigenvalue weighted by Gasteiger charge is 2.64. The fourth-order valence-electron chi connectivity index (χ4n) is 4.68. The van der Waals surface area contributed by atoms with E-state index in [9.17, 15) is 24.8 Å². The van der Waals surface area contributed by atoms with E-state index in [0.29, 0.717) is 22.8 Å². The third kappa shape index (κ3) is 3.01. The molecule has 3 aromatic carbocycles. The minimum atomic E-state index is -1.19. The lowest BCUT2D eigenvalue weighted by atomic mass is 10.0. The van der Waals surface area contributed by atoms with Crippen LogP contribution in [0.4, 0.5) is 17.1 Å². The van der Waals surface area contributed by atoms with Crippen molar-refractivity contribution in [2.75, 3.05) is 10.2 Å². The number of amides is 1. The van der Waals surface area contributed by atoms with Gasteiger partial charge in [0.15, 0.2) is 11.9 Å². The number of para-hydroxylation sites is 1. The zero-order chi connectivity index (χ0) is 24.3. The maximum Gasteiger partial charge on any atom is 0.335 e. The molecule has 0 aliphatic carbocycles. The molecule has 3 aromatic rings. The molecule has 2 N–H and O–H groups in total. The average molecular weight is 488 g/mol. The highest BCUT2D eigenvalue weighted by Crippen LogP contribution is 2.60. The van der Waals surface area contributed by atoms with Crippen LogP contribution in [-0.4, -0.2) is 33.0 Å². The molecular weight excluding hydrogens is 472 g/mol. The number of aromatic carboxylic acids is 1. The largest absolute Gasteiger partial charge is 0.478 e. The second-order valence-electron chi connectivity index (χ2n) is 8.19. The van der Waals surface area contributed by atoms with Gasteiger partial charge in [-0.05, 0) is 48.0 Å². The van der Waals surface area contributed by atoms with Crippen LogP contribution >= 0.6 is 11.8 Å². The van der Waals surface area contributed by atoms with E-state index in [1.54, 1.807) is 29.2 Å². The van der Waals surface area contributed by atoms with E-state index >= 15 is 0 Å². The van der Waals surface area contributed by atoms with Crippen molar-refractivity contribution >= 4 is 46.5 Å². The lowest BCUT2D eigenvalue weighted by molar-refractivity contribution is -0.384. The van der Waals surface area contributed by atoms with E-state index in [-0.39, 0.29) is 17.2 Å². The first kappa shape index (κ1) is 21.2. The van der Waals surface area contributed by atoms with Gasteiger partial charge in [0.2, 0.25) is 4.87 Å². The summed E-state index contributed by atoms with van der Waals surface area (Å²) >= 11 is 1.38. The number of oxime groups is 1. The van der Waals surface area contributed by atoms with Crippen molar-refractivity contribution < 1.29 is 24.5 Å². The minimum absolute atomic E-state index is 0.0346. The number of nitrogens with zero attached hydrogens (tertiary/aromatic N) is 3. The zero-order valence-electron chi connectivity index (χ0n) is 17.8. The van der Waals surface area contributed by atoms with E-state index < -0.39 is 27.1 Å². The lowest BCUT2D eigenvalue weighted by Gasteiger charge is -2.33. The van der Waals surface area contributed by atoms with Crippen LogP contribution in [0.2, 0.25) is 0 Å². The summed E-state index contributed by atoms with van der Waals surface area (Å²) in [6.45, 7) is 0. The second kappa shape index (κ2) is 7.57. The number of carbonyl (C=O) groups excluding carboxylic acids is 1. The molecule has 174 valence electrons. The zero-order valence-corrected chi connectivity index (χ0v) is 18.6. The van der Waals surface area contributed by atoms with Crippen molar-refractivity contribution in [2.45, 2.75) is 16.2 Å². The Morgan fingerprint density at radius 2 is 1.83 bits per heavy atom. The third-order valence-corrected chi connectivity index (χ3v) is 7.92. The van der Waals surface area contributed by atoms with Gasteiger partial charge in [0.25, 0.3) is 11.6 Å². The molecule has 0 saturated carbocycles. The van der Waals surface area contributed by atoms with Gasteiger partial charge in [-0.3, -0.25) is 19.8 Å². The van der Waals surface area contributed by atoms with Gasteiger partial charge in [-0.1, -0.05) is 23.4 Å². The van der Waals surface area contributed by atoms with E-state index in [1.807, 2.05) is 24.3 Å². The molecule has 1 amide bonds. The highest BCUT2D eigenvalue weighted by atomic mass is 32.2. The predicted octanol–water partition coefficient (Wildman–Crippen LogP) is 4.10. The Morgan fingerprint density at radius 1 is 1.11 bits per heavy atom. The Bertz CT molecular complexity index is 1420. The number of nitro benzene ring substituents is 1. The molecule has 11 heteroatoms. The van der Waals surface area contributed by atoms with Crippen LogP contribution in [0.5, 0.6) is 0 Å². The van der Waals surface area contributed by atoms with Gasteiger partial charge in [-0.25, -0.2) is 4.79 Å². The van der Waals surface area contributed by atoms with Crippen LogP contribution in [-0.2, 0) is 14.5 Å². The minimum Gasteiger partial charge on any atom is -0.478 e. The van der Waals surface area contributed by atoms with Crippen molar-refractivity contribution in [2.24, 2.45) is 5.16 Å². The number of hydrogen-bond donors (Lipinski definition) is 2. The number of fused-ring (bicyclic) bond motifs is 3. The lowest BCUT2D eigenvalue weighted by Crippen LogP contribution is -2.47. The first-order valence-electron chi connectivity index (χ1n) is 10.6. The fraction of sp³-hybridized carbons (Fsp3) is 0.125. The second-order valence-corrected chi connectivity index (χ2v) is 9.53. The number of carboxylic acids is 1. The number of rotatable bonds is 4. The number of nitrogens with one attached hydrogen (secondary N) is 1. The van der Waals surface area contributed by atoms with Gasteiger partial charge in [0.05, 0.1) is 10.5 Å². The van der Waals surface area contributed by atoms with E-state index in [0.717, 1.165) is 5.56 Å². The van der Waals surface area contributed by atoms with Crippen molar-refractivity contribution in [1.29, 1.82) is 0 Å². The van der Waals surface area contributed by atoms with Crippen molar-refractivity contribution in [3.8, 4) is 0 Å². The quantitative estimate of drug-likeness (QED) is 0.414. The van der Waals surface area contributed by atoms with Gasteiger partial charge >= 0.3 is 5.97 Å². The van der Waals surface area contributed by atoms with E-state index in [4.69, 9.17) is 4.84 Å². The molecule has 0 radical (unpaired) electrons. The van der Waals surface area contributed by atoms with Crippen LogP contribution in [0.15, 0.2) is 78.0 Å². The Hall–Kier alpha value is -4.38. The summed E-state index contributed by atoms with van der Waals surface area (Å²) in [6, 6.07) is 19.7. The Labute approximate surface area is 202 Å². The van der Waals surface area contributed by atoms with Crippen LogP contribution in [0.1, 0.15) is 27.6 Å². The number of carbonyl (C=O) groups is 2. The SMILES string of the molecule is O=C(O)c1ccc(N2C3=NOC(c4ccc([N+](=O)[O-])cc4)C3SC23C(=O)Nc2ccccc23)cc1. The van der Waals surface area contributed by atoms with Gasteiger partial charge in [-0.15, -0.1) is 11.8 Å². The molecule has 3 atom stereocenters. The normalized spacial score (nSPS) is 23.9. The molecule has 35 heavy (non-hydrogen) atoms. The summed E-state index contributed by atoms with van der Waals surface area (Å²) in [7, 11) is 0. The molecule has 1 saturated heterocycles. The van der Waals surface area contributed by atoms with Crippen LogP contribution < -0.4 is 10.2 Å². The molecule has 3 aliphatic rings. The Kier molecular flexibility index (Phi) is 4.58. The molecule has 10 nitrogen and oxygen atoms in total. The number of nitro groups is 1. The summed E-state index contributed by atoms with van der Waals surface area (Å²) in [6.07, 6.45) is -0.573. The van der Waals surface area contributed by atoms with Crippen molar-refractivity contribution in [1.82, 2.24) is 0 Å². The summed E-state index contributed by atoms with van der Waals surface area (Å²) in [4.78, 5) is 41.9. The standard InChI is InChI=1S/C24H16N4O6S/c29-22(30)14-7-9-15(10-8-14)27-21-20(19(34-26-21)13-5-11-16(12-6-13)28(32)33)35-24(27)17-3-1-2-4-18(17)25-23(24)31/h1-12,19-20H,(H,25,31)(H,29,30). The summed E-state index contributed by atoms with van der Waals surface area (Å²) in [5.74, 6) is -0.789. The van der Waals surface area contributed by atoms with Crippen LogP contribution in [0, 0.1) is 10.1 Å². The van der Waals surface area contributed by atoms with Gasteiger partial charge in [0, 0.05) is 29.1 Å². The molecule has 1 spiro atoms. The van der Waals surface area contributed by atoms with E-state index in [1.165, 1.54) is 36.0 Å². The molecule has 0 bridgehead atoms. The highest BCUT2D eigenvalue weighted by molar-refractivity contribution is 8.03. The number of anilines is 2. The number of benzene rings is 3. The fourth-order valence-corrected chi connectivity index (χ4v) is 6.40. The van der Waals surface area contributed by atoms with Crippen molar-refractivity contribution in [3.63, 3.8) is 0 Å². The molecule has 1 fully saturated rings. The monoisotopic (exact) mass is 488 g/mol. The average Bonchev–Trinajstić information content (AvgIpc) is 3.50. The number of amidine groups is 1. The summed E-state index contributed by atoms with van der Waals surface area (Å²) in [5.41, 5.74) is 2.81. The van der Waals surface area contributed by atoms with Crippen molar-refractivity contribution in [3.05, 3.63) is 99.6 Å². The molecule has 0 aromatic heterocycles. The van der Waals surface area contributed by atoms with Crippen LogP contribution in [0.3, 0.4) is 0 Å². The third-order valence-electron chi connectivity index (χ3n) is 6.28. The number of non-ortho nitro benzene ring substituents is 1. The van der Waals surface area contributed by atoms with Gasteiger partial charge < -0.3 is 15.3 Å². The first-order chi connectivity index (χ1) is 16.9. The number of hydrogen-bond acceptors (Lipinski definition) is 8. The maximum atomic E-state index is 13.6. The predicted molar refractivity (Wildman–Crippen MR) is 128 cm³/mol. The number of carboxylic acid groups (broad SMARTS) is 1. The summed E-state index contributed by atoms with van der Waals surface area (Å²) < 4.78 is 0. The maximum absolute atomic E-state index is 13.6. The van der Waals surface area contributed by atoms with Gasteiger partial charge in [0.1, 0.15) is 5.25 Å². The van der Waals surface area contributed by atoms with E-state index in [2.05, 4.69) is 10.5 Å². The Morgan fingerprint density at radius 3 is 2.51 bits per heavy atom. The van der Waals surface area contributed by atoms with Gasteiger partial charge in [-0.2, -0.15) is 0 Å². The molecule has 3 unspecified atom stereocenters. The van der Waals surface area contributed by atoms with Crippen LogP contribution in [0.25, 0.3) is 0 Å². The molecule has 3 heterocycles. The molecular formula is C24H16N4O6S. The molecule has 3 aliphatic heterocycles.